The minimum atomic E-state index is 0.634. The molecule has 0 N–H and O–H groups in total. The van der Waals surface area contributed by atoms with E-state index in [1.54, 1.807) is 16.8 Å². The van der Waals surface area contributed by atoms with Crippen LogP contribution in [-0.4, -0.2) is 16.3 Å². The van der Waals surface area contributed by atoms with Crippen molar-refractivity contribution < 1.29 is 4.42 Å². The van der Waals surface area contributed by atoms with Gasteiger partial charge in [-0.05, 0) is 12.8 Å². The topological polar surface area (TPSA) is 42.8 Å². The van der Waals surface area contributed by atoms with E-state index in [0.717, 1.165) is 5.69 Å². The van der Waals surface area contributed by atoms with E-state index in [1.807, 2.05) is 0 Å². The molecule has 0 aromatic carbocycles. The molecule has 2 heterocycles. The lowest BCUT2D eigenvalue weighted by Crippen LogP contribution is -1.74. The first kappa shape index (κ1) is 5.22. The maximum Gasteiger partial charge on any atom is 0.247 e. The lowest BCUT2D eigenvalue weighted by Gasteiger charge is -1.78. The molecule has 0 saturated heterocycles. The smallest absolute Gasteiger partial charge is 0.247 e. The van der Waals surface area contributed by atoms with Crippen LogP contribution in [0.1, 0.15) is 0 Å². The second kappa shape index (κ2) is 1.70. The van der Waals surface area contributed by atoms with Crippen molar-refractivity contribution in [3.05, 3.63) is 18.7 Å². The van der Waals surface area contributed by atoms with E-state index < -0.39 is 0 Å². The van der Waals surface area contributed by atoms with E-state index in [9.17, 15) is 0 Å². The molecule has 2 aromatic heterocycles. The summed E-state index contributed by atoms with van der Waals surface area (Å²) in [5.41, 5.74) is 1.35. The standard InChI is InChI=1S/C6H5N3O/c1-7-5-2-3-9-6(5)10-4-8-9/h2-4H,1H2. The van der Waals surface area contributed by atoms with Gasteiger partial charge < -0.3 is 4.42 Å². The second-order valence-corrected chi connectivity index (χ2v) is 1.85. The molecule has 0 atom stereocenters. The van der Waals surface area contributed by atoms with Gasteiger partial charge in [-0.2, -0.15) is 0 Å². The number of nitrogens with zero attached hydrogens (tertiary/aromatic N) is 3. The molecule has 0 aliphatic rings. The summed E-state index contributed by atoms with van der Waals surface area (Å²) in [5.74, 6) is 0. The van der Waals surface area contributed by atoms with Gasteiger partial charge in [-0.1, -0.05) is 0 Å². The summed E-state index contributed by atoms with van der Waals surface area (Å²) in [5, 5.41) is 3.85. The quantitative estimate of drug-likeness (QED) is 0.552. The van der Waals surface area contributed by atoms with Crippen LogP contribution in [0, 0.1) is 0 Å². The summed E-state index contributed by atoms with van der Waals surface area (Å²) in [6.45, 7) is 3.38. The molecule has 0 saturated carbocycles. The first-order valence-electron chi connectivity index (χ1n) is 2.79. The molecule has 10 heavy (non-hydrogen) atoms. The van der Waals surface area contributed by atoms with E-state index in [-0.39, 0.29) is 0 Å². The fourth-order valence-electron chi connectivity index (χ4n) is 0.847. The van der Waals surface area contributed by atoms with Gasteiger partial charge in [0.15, 0.2) is 0 Å². The van der Waals surface area contributed by atoms with Gasteiger partial charge in [0.2, 0.25) is 12.1 Å². The van der Waals surface area contributed by atoms with Crippen molar-refractivity contribution in [1.82, 2.24) is 9.61 Å². The Labute approximate surface area is 56.8 Å². The predicted molar refractivity (Wildman–Crippen MR) is 36.7 cm³/mol. The van der Waals surface area contributed by atoms with Crippen LogP contribution in [0.15, 0.2) is 28.1 Å². The van der Waals surface area contributed by atoms with E-state index in [4.69, 9.17) is 4.42 Å². The fourth-order valence-corrected chi connectivity index (χ4v) is 0.847. The van der Waals surface area contributed by atoms with Gasteiger partial charge in [0.05, 0.1) is 0 Å². The van der Waals surface area contributed by atoms with Crippen LogP contribution < -0.4 is 0 Å². The van der Waals surface area contributed by atoms with Crippen LogP contribution in [0.2, 0.25) is 0 Å². The number of aromatic nitrogens is 2. The summed E-state index contributed by atoms with van der Waals surface area (Å²) >= 11 is 0. The monoisotopic (exact) mass is 135 g/mol. The Balaban J connectivity index is 2.88. The fraction of sp³-hybridized carbons (Fsp3) is 0. The Kier molecular flexibility index (Phi) is 0.887. The van der Waals surface area contributed by atoms with Crippen molar-refractivity contribution in [1.29, 1.82) is 0 Å². The van der Waals surface area contributed by atoms with E-state index in [1.165, 1.54) is 6.39 Å². The van der Waals surface area contributed by atoms with Crippen molar-refractivity contribution in [2.75, 3.05) is 0 Å². The highest BCUT2D eigenvalue weighted by Gasteiger charge is 2.01. The Morgan fingerprint density at radius 1 is 1.70 bits per heavy atom. The van der Waals surface area contributed by atoms with E-state index in [0.29, 0.717) is 5.71 Å². The molecule has 0 amide bonds. The van der Waals surface area contributed by atoms with Crippen molar-refractivity contribution in [3.63, 3.8) is 0 Å². The van der Waals surface area contributed by atoms with Crippen molar-refractivity contribution >= 4 is 18.1 Å². The van der Waals surface area contributed by atoms with Crippen molar-refractivity contribution in [2.45, 2.75) is 0 Å². The number of hydrogen-bond acceptors (Lipinski definition) is 3. The molecule has 4 heteroatoms. The zero-order chi connectivity index (χ0) is 6.97. The Morgan fingerprint density at radius 2 is 2.60 bits per heavy atom. The van der Waals surface area contributed by atoms with Gasteiger partial charge >= 0.3 is 0 Å². The third-order valence-electron chi connectivity index (χ3n) is 1.31. The van der Waals surface area contributed by atoms with Gasteiger partial charge in [0.1, 0.15) is 5.69 Å². The third-order valence-corrected chi connectivity index (χ3v) is 1.31. The first-order chi connectivity index (χ1) is 4.92. The molecular weight excluding hydrogens is 130 g/mol. The molecule has 0 fully saturated rings. The average molecular weight is 135 g/mol. The third kappa shape index (κ3) is 0.500. The molecule has 0 aliphatic heterocycles. The highest BCUT2D eigenvalue weighted by Crippen LogP contribution is 2.19. The summed E-state index contributed by atoms with van der Waals surface area (Å²) in [6, 6.07) is 1.79. The Morgan fingerprint density at radius 3 is 3.40 bits per heavy atom. The van der Waals surface area contributed by atoms with Crippen molar-refractivity contribution in [3.8, 4) is 0 Å². The molecule has 0 unspecified atom stereocenters. The van der Waals surface area contributed by atoms with Gasteiger partial charge in [0.25, 0.3) is 0 Å². The Hall–Kier alpha value is -1.58. The summed E-state index contributed by atoms with van der Waals surface area (Å²) in [4.78, 5) is 3.73. The zero-order valence-corrected chi connectivity index (χ0v) is 5.19. The highest BCUT2D eigenvalue weighted by atomic mass is 16.4. The summed E-state index contributed by atoms with van der Waals surface area (Å²) in [7, 11) is 0. The highest BCUT2D eigenvalue weighted by molar-refractivity contribution is 5.64. The molecule has 2 aromatic rings. The first-order valence-corrected chi connectivity index (χ1v) is 2.79. The van der Waals surface area contributed by atoms with E-state index >= 15 is 0 Å². The predicted octanol–water partition coefficient (Wildman–Crippen LogP) is 1.26. The maximum absolute atomic E-state index is 5.00. The van der Waals surface area contributed by atoms with Crippen LogP contribution in [0.5, 0.6) is 0 Å². The number of aliphatic imine (C=N–C) groups is 1. The van der Waals surface area contributed by atoms with Crippen molar-refractivity contribution in [2.24, 2.45) is 4.99 Å². The van der Waals surface area contributed by atoms with Crippen LogP contribution in [0.25, 0.3) is 5.71 Å². The molecule has 0 bridgehead atoms. The lowest BCUT2D eigenvalue weighted by atomic mass is 10.5. The number of rotatable bonds is 1. The van der Waals surface area contributed by atoms with Crippen LogP contribution in [0.3, 0.4) is 0 Å². The summed E-state index contributed by atoms with van der Waals surface area (Å²) in [6.07, 6.45) is 3.13. The number of hydrogen-bond donors (Lipinski definition) is 0. The summed E-state index contributed by atoms with van der Waals surface area (Å²) < 4.78 is 6.60. The molecule has 0 aliphatic carbocycles. The van der Waals surface area contributed by atoms with Crippen LogP contribution in [0.4, 0.5) is 5.69 Å². The number of fused-ring (bicyclic) bond motifs is 1. The van der Waals surface area contributed by atoms with E-state index in [2.05, 4.69) is 16.8 Å². The average Bonchev–Trinajstić information content (AvgIpc) is 2.44. The molecular formula is C6H5N3O. The minimum absolute atomic E-state index is 0.634. The SMILES string of the molecule is C=Nc1ccn2ncoc12. The van der Waals surface area contributed by atoms with Gasteiger partial charge in [-0.3, -0.25) is 4.99 Å². The molecule has 0 spiro atoms. The molecule has 4 nitrogen and oxygen atoms in total. The molecule has 0 radical (unpaired) electrons. The van der Waals surface area contributed by atoms with Gasteiger partial charge in [-0.25, -0.2) is 4.52 Å². The normalized spacial score (nSPS) is 10.4. The van der Waals surface area contributed by atoms with Crippen LogP contribution in [-0.2, 0) is 0 Å². The Bertz CT molecular complexity index is 360. The molecule has 2 rings (SSSR count). The zero-order valence-electron chi connectivity index (χ0n) is 5.19. The largest absolute Gasteiger partial charge is 0.423 e. The maximum atomic E-state index is 5.00. The second-order valence-electron chi connectivity index (χ2n) is 1.85. The van der Waals surface area contributed by atoms with Crippen LogP contribution >= 0.6 is 0 Å². The van der Waals surface area contributed by atoms with Gasteiger partial charge in [0, 0.05) is 6.20 Å². The van der Waals surface area contributed by atoms with Gasteiger partial charge in [-0.15, -0.1) is 5.10 Å². The lowest BCUT2D eigenvalue weighted by molar-refractivity contribution is 0.601. The minimum Gasteiger partial charge on any atom is -0.423 e. The molecule has 50 valence electrons.